The number of pyridine rings is 1. The van der Waals surface area contributed by atoms with Crippen molar-refractivity contribution >= 4 is 22.8 Å². The highest BCUT2D eigenvalue weighted by molar-refractivity contribution is 6.03. The summed E-state index contributed by atoms with van der Waals surface area (Å²) >= 11 is 0. The summed E-state index contributed by atoms with van der Waals surface area (Å²) in [4.78, 5) is 24.8. The van der Waals surface area contributed by atoms with Gasteiger partial charge in [-0.3, -0.25) is 4.79 Å². The van der Waals surface area contributed by atoms with E-state index in [1.54, 1.807) is 0 Å². The number of anilines is 1. The minimum Gasteiger partial charge on any atom is -0.334 e. The van der Waals surface area contributed by atoms with Crippen LogP contribution >= 0.6 is 0 Å². The van der Waals surface area contributed by atoms with E-state index in [9.17, 15) is 4.79 Å². The fraction of sp³-hybridized carbons (Fsp3) is 0.174. The highest BCUT2D eigenvalue weighted by atomic mass is 16.2. The Morgan fingerprint density at radius 3 is 2.54 bits per heavy atom. The van der Waals surface area contributed by atoms with Crippen molar-refractivity contribution < 1.29 is 4.79 Å². The Kier molecular flexibility index (Phi) is 4.65. The molecule has 2 N–H and O–H groups in total. The number of nitrogens with one attached hydrogen (secondary N) is 2. The number of benzene rings is 2. The van der Waals surface area contributed by atoms with Crippen LogP contribution in [0.4, 0.5) is 5.82 Å². The first-order valence-electron chi connectivity index (χ1n) is 9.31. The molecule has 1 atom stereocenters. The van der Waals surface area contributed by atoms with E-state index in [-0.39, 0.29) is 17.6 Å². The number of carbonyl (C=O) groups is 1. The van der Waals surface area contributed by atoms with Gasteiger partial charge in [0.05, 0.1) is 11.0 Å². The third kappa shape index (κ3) is 3.51. The van der Waals surface area contributed by atoms with Gasteiger partial charge in [0.25, 0.3) is 5.91 Å². The van der Waals surface area contributed by atoms with Crippen LogP contribution in [0.2, 0.25) is 0 Å². The van der Waals surface area contributed by atoms with Crippen molar-refractivity contribution in [2.45, 2.75) is 26.7 Å². The predicted octanol–water partition coefficient (Wildman–Crippen LogP) is 4.98. The van der Waals surface area contributed by atoms with Crippen LogP contribution in [0.3, 0.4) is 0 Å². The van der Waals surface area contributed by atoms with Gasteiger partial charge >= 0.3 is 0 Å². The molecule has 28 heavy (non-hydrogen) atoms. The second-order valence-corrected chi connectivity index (χ2v) is 7.09. The van der Waals surface area contributed by atoms with Gasteiger partial charge in [0.2, 0.25) is 0 Å². The van der Waals surface area contributed by atoms with Gasteiger partial charge in [-0.1, -0.05) is 49.4 Å². The topological polar surface area (TPSA) is 70.7 Å². The lowest BCUT2D eigenvalue weighted by Gasteiger charge is -2.12. The Hall–Kier alpha value is -3.47. The maximum atomic E-state index is 12.7. The highest BCUT2D eigenvalue weighted by Gasteiger charge is 2.18. The fourth-order valence-corrected chi connectivity index (χ4v) is 3.51. The number of fused-ring (bicyclic) bond motifs is 1. The van der Waals surface area contributed by atoms with Crippen molar-refractivity contribution in [3.05, 3.63) is 88.9 Å². The highest BCUT2D eigenvalue weighted by Crippen LogP contribution is 2.29. The summed E-state index contributed by atoms with van der Waals surface area (Å²) in [6.07, 6.45) is 0. The molecule has 4 aromatic rings. The van der Waals surface area contributed by atoms with Crippen LogP contribution in [0.15, 0.2) is 60.7 Å². The van der Waals surface area contributed by atoms with E-state index in [2.05, 4.69) is 45.4 Å². The van der Waals surface area contributed by atoms with E-state index in [1.165, 1.54) is 5.56 Å². The number of rotatable bonds is 4. The number of carbonyl (C=O) groups excluding carboxylic acids is 1. The molecule has 140 valence electrons. The summed E-state index contributed by atoms with van der Waals surface area (Å²) in [6.45, 7) is 6.03. The summed E-state index contributed by atoms with van der Waals surface area (Å²) in [5.74, 6) is 0.682. The van der Waals surface area contributed by atoms with Crippen LogP contribution in [-0.4, -0.2) is 20.9 Å². The Bertz CT molecular complexity index is 1130. The molecule has 5 heteroatoms. The minimum absolute atomic E-state index is 0.171. The molecule has 0 saturated heterocycles. The van der Waals surface area contributed by atoms with Gasteiger partial charge in [0, 0.05) is 11.6 Å². The van der Waals surface area contributed by atoms with Crippen LogP contribution in [0.25, 0.3) is 11.0 Å². The van der Waals surface area contributed by atoms with E-state index in [0.717, 1.165) is 27.9 Å². The zero-order valence-electron chi connectivity index (χ0n) is 16.2. The second-order valence-electron chi connectivity index (χ2n) is 7.09. The largest absolute Gasteiger partial charge is 0.334 e. The Morgan fingerprint density at radius 2 is 1.79 bits per heavy atom. The van der Waals surface area contributed by atoms with Gasteiger partial charge in [-0.05, 0) is 48.7 Å². The van der Waals surface area contributed by atoms with Gasteiger partial charge in [-0.2, -0.15) is 0 Å². The number of aromatic amines is 1. The maximum Gasteiger partial charge on any atom is 0.292 e. The number of aryl methyl sites for hydroxylation is 2. The summed E-state index contributed by atoms with van der Waals surface area (Å²) in [5, 5.41) is 2.84. The molecule has 0 saturated carbocycles. The number of para-hydroxylation sites is 1. The number of imidazole rings is 1. The number of nitrogens with zero attached hydrogens (tertiary/aromatic N) is 2. The van der Waals surface area contributed by atoms with Gasteiger partial charge in [-0.15, -0.1) is 0 Å². The lowest BCUT2D eigenvalue weighted by Crippen LogP contribution is -2.15. The van der Waals surface area contributed by atoms with Crippen molar-refractivity contribution in [3.63, 3.8) is 0 Å². The molecule has 5 nitrogen and oxygen atoms in total. The number of aromatic nitrogens is 3. The second kappa shape index (κ2) is 7.27. The minimum atomic E-state index is -0.299. The molecule has 0 bridgehead atoms. The molecule has 2 aromatic heterocycles. The standard InChI is InChI=1S/C23H22N4O/c1-14-12-15(2)24-20(13-14)26-23(28)22-25-19-11-7-10-18(21(19)27-22)16(3)17-8-5-4-6-9-17/h4-13,16H,1-3H3,(H,25,27)(H,24,26,28). The van der Waals surface area contributed by atoms with Crippen molar-refractivity contribution in [2.24, 2.45) is 0 Å². The quantitative estimate of drug-likeness (QED) is 0.532. The SMILES string of the molecule is Cc1cc(C)nc(NC(=O)c2nc3c(C(C)c4ccccc4)cccc3[nH]2)c1. The van der Waals surface area contributed by atoms with E-state index in [4.69, 9.17) is 0 Å². The molecule has 0 spiro atoms. The van der Waals surface area contributed by atoms with E-state index < -0.39 is 0 Å². The molecule has 2 aromatic carbocycles. The van der Waals surface area contributed by atoms with Crippen molar-refractivity contribution in [2.75, 3.05) is 5.32 Å². The summed E-state index contributed by atoms with van der Waals surface area (Å²) in [7, 11) is 0. The molecule has 0 aliphatic carbocycles. The molecule has 0 aliphatic rings. The predicted molar refractivity (Wildman–Crippen MR) is 112 cm³/mol. The van der Waals surface area contributed by atoms with Gasteiger partial charge in [-0.25, -0.2) is 9.97 Å². The zero-order chi connectivity index (χ0) is 19.7. The average molecular weight is 370 g/mol. The van der Waals surface area contributed by atoms with Crippen LogP contribution in [0, 0.1) is 13.8 Å². The summed E-state index contributed by atoms with van der Waals surface area (Å²) in [6, 6.07) is 20.1. The molecule has 1 unspecified atom stereocenters. The first-order valence-corrected chi connectivity index (χ1v) is 9.31. The Labute approximate surface area is 163 Å². The van der Waals surface area contributed by atoms with E-state index >= 15 is 0 Å². The van der Waals surface area contributed by atoms with Gasteiger partial charge < -0.3 is 10.3 Å². The third-order valence-corrected chi connectivity index (χ3v) is 4.86. The smallest absolute Gasteiger partial charge is 0.292 e. The Balaban J connectivity index is 1.67. The number of amides is 1. The zero-order valence-corrected chi connectivity index (χ0v) is 16.2. The van der Waals surface area contributed by atoms with Crippen LogP contribution in [0.1, 0.15) is 45.8 Å². The van der Waals surface area contributed by atoms with Crippen molar-refractivity contribution in [1.29, 1.82) is 0 Å². The third-order valence-electron chi connectivity index (χ3n) is 4.86. The summed E-state index contributed by atoms with van der Waals surface area (Å²) < 4.78 is 0. The lowest BCUT2D eigenvalue weighted by atomic mass is 9.92. The lowest BCUT2D eigenvalue weighted by molar-refractivity contribution is 0.101. The van der Waals surface area contributed by atoms with Gasteiger partial charge in [0.15, 0.2) is 5.82 Å². The average Bonchev–Trinajstić information content (AvgIpc) is 3.12. The number of hydrogen-bond donors (Lipinski definition) is 2. The number of H-pyrrole nitrogens is 1. The molecular weight excluding hydrogens is 348 g/mol. The molecular formula is C23H22N4O. The van der Waals surface area contributed by atoms with E-state index in [1.807, 2.05) is 56.3 Å². The molecule has 0 aliphatic heterocycles. The fourth-order valence-electron chi connectivity index (χ4n) is 3.51. The molecule has 4 rings (SSSR count). The monoisotopic (exact) mass is 370 g/mol. The Morgan fingerprint density at radius 1 is 1.00 bits per heavy atom. The van der Waals surface area contributed by atoms with Crippen molar-refractivity contribution in [3.8, 4) is 0 Å². The molecule has 2 heterocycles. The molecule has 0 radical (unpaired) electrons. The van der Waals surface area contributed by atoms with Crippen LogP contribution in [0.5, 0.6) is 0 Å². The number of hydrogen-bond acceptors (Lipinski definition) is 3. The van der Waals surface area contributed by atoms with Gasteiger partial charge in [0.1, 0.15) is 5.82 Å². The molecule has 0 fully saturated rings. The molecule has 1 amide bonds. The normalized spacial score (nSPS) is 12.1. The van der Waals surface area contributed by atoms with Crippen molar-refractivity contribution in [1.82, 2.24) is 15.0 Å². The van der Waals surface area contributed by atoms with Crippen LogP contribution in [-0.2, 0) is 0 Å². The first-order chi connectivity index (χ1) is 13.5. The van der Waals surface area contributed by atoms with Crippen LogP contribution < -0.4 is 5.32 Å². The maximum absolute atomic E-state index is 12.7. The first kappa shape index (κ1) is 17.9. The van der Waals surface area contributed by atoms with E-state index in [0.29, 0.717) is 5.82 Å². The summed E-state index contributed by atoms with van der Waals surface area (Å²) in [5.41, 5.74) is 5.87.